The number of aromatic nitrogens is 2. The van der Waals surface area contributed by atoms with Gasteiger partial charge in [0.15, 0.2) is 0 Å². The Bertz CT molecular complexity index is 990. The van der Waals surface area contributed by atoms with Gasteiger partial charge in [0, 0.05) is 6.20 Å². The molecule has 1 amide bonds. The molecule has 3 rings (SSSR count). The van der Waals surface area contributed by atoms with E-state index in [0.717, 1.165) is 16.9 Å². The van der Waals surface area contributed by atoms with Crippen LogP contribution in [0.4, 0.5) is 0 Å². The molecule has 0 aliphatic heterocycles. The molecule has 6 heteroatoms. The van der Waals surface area contributed by atoms with E-state index >= 15 is 0 Å². The molecule has 3 N–H and O–H groups in total. The first-order valence-corrected chi connectivity index (χ1v) is 10.1. The summed E-state index contributed by atoms with van der Waals surface area (Å²) < 4.78 is 7.88. The van der Waals surface area contributed by atoms with Crippen molar-refractivity contribution in [2.24, 2.45) is 5.73 Å². The van der Waals surface area contributed by atoms with E-state index in [1.807, 2.05) is 24.3 Å². The topological polar surface area (TPSA) is 90.4 Å². The van der Waals surface area contributed by atoms with E-state index in [1.54, 1.807) is 24.0 Å². The lowest BCUT2D eigenvalue weighted by Gasteiger charge is -2.22. The smallest absolute Gasteiger partial charge is 0.268 e. The fraction of sp³-hybridized carbons (Fsp3) is 0.333. The third-order valence-electron chi connectivity index (χ3n) is 5.15. The molecule has 1 aromatic heterocycles. The van der Waals surface area contributed by atoms with Crippen molar-refractivity contribution < 1.29 is 14.6 Å². The Morgan fingerprint density at radius 2 is 1.90 bits per heavy atom. The van der Waals surface area contributed by atoms with Crippen LogP contribution in [-0.4, -0.2) is 26.7 Å². The number of nitrogens with zero attached hydrogens (tertiary/aromatic N) is 2. The normalized spacial score (nSPS) is 13.1. The molecule has 0 saturated heterocycles. The molecule has 30 heavy (non-hydrogen) atoms. The standard InChI is InChI=1S/C24H29N3O3/c1-16-10-17(2)12-19(11-16)14-30-23-7-5-4-6-20(23)8-9-22(18(3)28)27-13-21(24(25)29)26-15-27/h4-7,10-13,15,18,22,28H,8-9,14H2,1-3H3,(H2,25,29). The van der Waals surface area contributed by atoms with E-state index in [1.165, 1.54) is 11.1 Å². The van der Waals surface area contributed by atoms with E-state index in [4.69, 9.17) is 10.5 Å². The van der Waals surface area contributed by atoms with Gasteiger partial charge in [-0.25, -0.2) is 4.98 Å². The number of hydrogen-bond acceptors (Lipinski definition) is 4. The number of aryl methyl sites for hydroxylation is 3. The van der Waals surface area contributed by atoms with Gasteiger partial charge in [0.25, 0.3) is 5.91 Å². The molecular weight excluding hydrogens is 378 g/mol. The highest BCUT2D eigenvalue weighted by Crippen LogP contribution is 2.26. The number of benzene rings is 2. The number of ether oxygens (including phenoxy) is 1. The van der Waals surface area contributed by atoms with Gasteiger partial charge >= 0.3 is 0 Å². The molecule has 0 fully saturated rings. The lowest BCUT2D eigenvalue weighted by atomic mass is 10.0. The van der Waals surface area contributed by atoms with Crippen LogP contribution in [0.2, 0.25) is 0 Å². The van der Waals surface area contributed by atoms with Gasteiger partial charge in [0.05, 0.1) is 18.5 Å². The minimum atomic E-state index is -0.608. The highest BCUT2D eigenvalue weighted by atomic mass is 16.5. The zero-order chi connectivity index (χ0) is 21.7. The molecule has 0 radical (unpaired) electrons. The maximum absolute atomic E-state index is 11.3. The fourth-order valence-electron chi connectivity index (χ4n) is 3.75. The maximum Gasteiger partial charge on any atom is 0.268 e. The van der Waals surface area contributed by atoms with Crippen molar-refractivity contribution in [3.8, 4) is 5.75 Å². The Labute approximate surface area is 177 Å². The number of aliphatic hydroxyl groups is 1. The number of carbonyl (C=O) groups is 1. The van der Waals surface area contributed by atoms with Crippen molar-refractivity contribution in [3.63, 3.8) is 0 Å². The van der Waals surface area contributed by atoms with Crippen LogP contribution < -0.4 is 10.5 Å². The first-order valence-electron chi connectivity index (χ1n) is 10.1. The molecule has 0 spiro atoms. The van der Waals surface area contributed by atoms with Crippen molar-refractivity contribution in [1.82, 2.24) is 9.55 Å². The van der Waals surface area contributed by atoms with Gasteiger partial charge in [-0.15, -0.1) is 0 Å². The molecule has 6 nitrogen and oxygen atoms in total. The Kier molecular flexibility index (Phi) is 6.90. The first kappa shape index (κ1) is 21.6. The third kappa shape index (κ3) is 5.48. The fourth-order valence-corrected chi connectivity index (χ4v) is 3.75. The lowest BCUT2D eigenvalue weighted by molar-refractivity contribution is 0.0994. The number of para-hydroxylation sites is 1. The zero-order valence-corrected chi connectivity index (χ0v) is 17.7. The van der Waals surface area contributed by atoms with Crippen LogP contribution in [-0.2, 0) is 13.0 Å². The van der Waals surface area contributed by atoms with Crippen molar-refractivity contribution in [3.05, 3.63) is 82.9 Å². The summed E-state index contributed by atoms with van der Waals surface area (Å²) in [6.07, 6.45) is 3.89. The number of carbonyl (C=O) groups excluding carboxylic acids is 1. The maximum atomic E-state index is 11.3. The van der Waals surface area contributed by atoms with Gasteiger partial charge in [0.1, 0.15) is 18.1 Å². The molecule has 158 valence electrons. The number of hydrogen-bond donors (Lipinski definition) is 2. The van der Waals surface area contributed by atoms with Gasteiger partial charge in [-0.05, 0) is 50.8 Å². The quantitative estimate of drug-likeness (QED) is 0.565. The van der Waals surface area contributed by atoms with Crippen molar-refractivity contribution in [2.75, 3.05) is 0 Å². The largest absolute Gasteiger partial charge is 0.489 e. The Morgan fingerprint density at radius 1 is 1.20 bits per heavy atom. The molecule has 2 aromatic carbocycles. The minimum Gasteiger partial charge on any atom is -0.489 e. The summed E-state index contributed by atoms with van der Waals surface area (Å²) in [6, 6.07) is 14.1. The molecule has 0 bridgehead atoms. The molecule has 1 heterocycles. The second kappa shape index (κ2) is 9.59. The Hall–Kier alpha value is -3.12. The first-order chi connectivity index (χ1) is 14.3. The van der Waals surface area contributed by atoms with Gasteiger partial charge in [-0.2, -0.15) is 0 Å². The molecule has 0 saturated carbocycles. The SMILES string of the molecule is Cc1cc(C)cc(COc2ccccc2CCC(C(C)O)n2cnc(C(N)=O)c2)c1. The predicted octanol–water partition coefficient (Wildman–Crippen LogP) is 3.73. The van der Waals surface area contributed by atoms with Gasteiger partial charge in [-0.1, -0.05) is 47.5 Å². The summed E-state index contributed by atoms with van der Waals surface area (Å²) in [6.45, 7) is 6.40. The van der Waals surface area contributed by atoms with Gasteiger partial charge < -0.3 is 20.1 Å². The summed E-state index contributed by atoms with van der Waals surface area (Å²) in [5.41, 5.74) is 10.1. The van der Waals surface area contributed by atoms with E-state index < -0.39 is 12.0 Å². The lowest BCUT2D eigenvalue weighted by Crippen LogP contribution is -2.21. The van der Waals surface area contributed by atoms with Gasteiger partial charge in [-0.3, -0.25) is 4.79 Å². The number of primary amides is 1. The van der Waals surface area contributed by atoms with E-state index in [-0.39, 0.29) is 11.7 Å². The number of amides is 1. The van der Waals surface area contributed by atoms with E-state index in [0.29, 0.717) is 19.4 Å². The average molecular weight is 408 g/mol. The highest BCUT2D eigenvalue weighted by molar-refractivity contribution is 5.90. The molecule has 3 aromatic rings. The summed E-state index contributed by atoms with van der Waals surface area (Å²) in [5.74, 6) is 0.257. The van der Waals surface area contributed by atoms with E-state index in [9.17, 15) is 9.90 Å². The second-order valence-corrected chi connectivity index (χ2v) is 7.81. The van der Waals surface area contributed by atoms with E-state index in [2.05, 4.69) is 37.0 Å². The minimum absolute atomic E-state index is 0.192. The Balaban J connectivity index is 1.70. The molecule has 2 atom stereocenters. The van der Waals surface area contributed by atoms with Gasteiger partial charge in [0.2, 0.25) is 0 Å². The number of nitrogens with two attached hydrogens (primary N) is 1. The summed E-state index contributed by atoms with van der Waals surface area (Å²) in [5, 5.41) is 10.3. The van der Waals surface area contributed by atoms with Crippen LogP contribution in [0.15, 0.2) is 55.0 Å². The van der Waals surface area contributed by atoms with Crippen LogP contribution in [0.5, 0.6) is 5.75 Å². The highest BCUT2D eigenvalue weighted by Gasteiger charge is 2.19. The van der Waals surface area contributed by atoms with Crippen LogP contribution in [0.1, 0.15) is 52.1 Å². The Morgan fingerprint density at radius 3 is 2.53 bits per heavy atom. The summed E-state index contributed by atoms with van der Waals surface area (Å²) in [7, 11) is 0. The second-order valence-electron chi connectivity index (χ2n) is 7.81. The monoisotopic (exact) mass is 407 g/mol. The van der Waals surface area contributed by atoms with Crippen molar-refractivity contribution in [1.29, 1.82) is 0 Å². The van der Waals surface area contributed by atoms with Crippen LogP contribution in [0, 0.1) is 13.8 Å². The number of imidazole rings is 1. The van der Waals surface area contributed by atoms with Crippen LogP contribution in [0.3, 0.4) is 0 Å². The summed E-state index contributed by atoms with van der Waals surface area (Å²) in [4.78, 5) is 15.4. The van der Waals surface area contributed by atoms with Crippen LogP contribution in [0.25, 0.3) is 0 Å². The average Bonchev–Trinajstić information content (AvgIpc) is 3.16. The number of aliphatic hydroxyl groups excluding tert-OH is 1. The summed E-state index contributed by atoms with van der Waals surface area (Å²) >= 11 is 0. The predicted molar refractivity (Wildman–Crippen MR) is 116 cm³/mol. The van der Waals surface area contributed by atoms with Crippen molar-refractivity contribution in [2.45, 2.75) is 52.4 Å². The number of rotatable bonds is 9. The zero-order valence-electron chi connectivity index (χ0n) is 17.7. The van der Waals surface area contributed by atoms with Crippen LogP contribution >= 0.6 is 0 Å². The van der Waals surface area contributed by atoms with Crippen molar-refractivity contribution >= 4 is 5.91 Å². The molecule has 0 aliphatic rings. The molecule has 0 aliphatic carbocycles. The molecular formula is C24H29N3O3. The third-order valence-corrected chi connectivity index (χ3v) is 5.15. The molecule has 2 unspecified atom stereocenters.